The summed E-state index contributed by atoms with van der Waals surface area (Å²) in [6, 6.07) is 10.5. The third-order valence-corrected chi connectivity index (χ3v) is 15.6. The number of fused-ring (bicyclic) bond motifs is 6. The third kappa shape index (κ3) is 9.24. The van der Waals surface area contributed by atoms with Crippen LogP contribution in [0.5, 0.6) is 11.5 Å². The van der Waals surface area contributed by atoms with Crippen LogP contribution >= 0.6 is 15.6 Å². The molecule has 1 unspecified atom stereocenters. The molecule has 73 heavy (non-hydrogen) atoms. The number of nitrogens with one attached hydrogen (secondary N) is 1. The fourth-order valence-corrected chi connectivity index (χ4v) is 12.4. The number of nitrogens with zero attached hydrogens (tertiary/aromatic N) is 4. The van der Waals surface area contributed by atoms with E-state index in [1.54, 1.807) is 26.8 Å². The van der Waals surface area contributed by atoms with E-state index < -0.39 is 68.8 Å². The maximum absolute atomic E-state index is 15.3. The van der Waals surface area contributed by atoms with Gasteiger partial charge in [0.15, 0.2) is 6.10 Å². The van der Waals surface area contributed by atoms with Gasteiger partial charge in [0.2, 0.25) is 0 Å². The maximum Gasteiger partial charge on any atom is 0.524 e. The lowest BCUT2D eigenvalue weighted by atomic mass is 9.61. The topological polar surface area (TPSA) is 277 Å². The molecule has 11 rings (SSSR count). The highest BCUT2D eigenvalue weighted by molar-refractivity contribution is 7.47. The summed E-state index contributed by atoms with van der Waals surface area (Å²) in [4.78, 5) is 100. The number of phosphoric ester groups is 2. The molecule has 4 aliphatic heterocycles. The van der Waals surface area contributed by atoms with Gasteiger partial charge in [-0.25, -0.2) is 28.1 Å². The number of benzene rings is 3. The minimum Gasteiger partial charge on any atom is -0.458 e. The number of hydrogen-bond acceptors (Lipinski definition) is 13. The van der Waals surface area contributed by atoms with Crippen molar-refractivity contribution in [2.45, 2.75) is 117 Å². The molecular formula is C50H54FN5O15P2. The number of aliphatic hydroxyl groups is 1. The van der Waals surface area contributed by atoms with E-state index in [9.17, 15) is 53.0 Å². The minimum atomic E-state index is -5.21. The van der Waals surface area contributed by atoms with Crippen LogP contribution in [-0.2, 0) is 62.6 Å². The second-order valence-electron chi connectivity index (χ2n) is 19.9. The molecule has 3 aromatic carbocycles. The molecule has 0 bridgehead atoms. The number of rotatable bonds is 10. The zero-order valence-electron chi connectivity index (χ0n) is 40.5. The number of alkyl carbamates (subject to hydrolysis) is 1. The van der Waals surface area contributed by atoms with Crippen molar-refractivity contribution in [2.24, 2.45) is 5.41 Å². The van der Waals surface area contributed by atoms with Crippen molar-refractivity contribution in [1.29, 1.82) is 0 Å². The molecule has 2 atom stereocenters. The second-order valence-corrected chi connectivity index (χ2v) is 22.2. The first-order valence-electron chi connectivity index (χ1n) is 24.1. The van der Waals surface area contributed by atoms with Gasteiger partial charge in [-0.15, -0.1) is 0 Å². The van der Waals surface area contributed by atoms with Gasteiger partial charge in [0, 0.05) is 66.8 Å². The molecule has 6 N–H and O–H groups in total. The van der Waals surface area contributed by atoms with Crippen LogP contribution in [0.15, 0.2) is 47.3 Å². The molecule has 386 valence electrons. The molecule has 2 aliphatic carbocycles. The number of amides is 2. The van der Waals surface area contributed by atoms with Crippen molar-refractivity contribution in [1.82, 2.24) is 24.7 Å². The van der Waals surface area contributed by atoms with E-state index in [2.05, 4.69) is 10.2 Å². The Hall–Kier alpha value is -6.02. The number of aromatic nitrogens is 2. The van der Waals surface area contributed by atoms with E-state index in [0.717, 1.165) is 52.4 Å². The van der Waals surface area contributed by atoms with E-state index in [0.29, 0.717) is 60.3 Å². The van der Waals surface area contributed by atoms with Gasteiger partial charge < -0.3 is 38.4 Å². The molecule has 1 saturated carbocycles. The summed E-state index contributed by atoms with van der Waals surface area (Å²) < 4.78 is 61.1. The lowest BCUT2D eigenvalue weighted by molar-refractivity contribution is -0.157. The van der Waals surface area contributed by atoms with Crippen LogP contribution in [0.2, 0.25) is 0 Å². The van der Waals surface area contributed by atoms with Gasteiger partial charge in [0.05, 0.1) is 40.6 Å². The fourth-order valence-electron chi connectivity index (χ4n) is 11.6. The van der Waals surface area contributed by atoms with Crippen LogP contribution in [-0.4, -0.2) is 81.2 Å². The zero-order valence-corrected chi connectivity index (χ0v) is 42.3. The summed E-state index contributed by atoms with van der Waals surface area (Å²) in [5.41, 5.74) is 6.55. The Morgan fingerprint density at radius 1 is 0.932 bits per heavy atom. The van der Waals surface area contributed by atoms with E-state index in [1.807, 2.05) is 32.0 Å². The molecule has 2 aromatic heterocycles. The highest BCUT2D eigenvalue weighted by atomic mass is 31.2. The lowest BCUT2D eigenvalue weighted by Crippen LogP contribution is -2.63. The summed E-state index contributed by atoms with van der Waals surface area (Å²) >= 11 is 0. The van der Waals surface area contributed by atoms with Crippen LogP contribution in [0.3, 0.4) is 0 Å². The molecule has 20 nitrogen and oxygen atoms in total. The first-order chi connectivity index (χ1) is 34.5. The fraction of sp³-hybridized carbons (Fsp3) is 0.420. The number of hydrogen-bond donors (Lipinski definition) is 6. The quantitative estimate of drug-likeness (QED) is 0.0623. The first-order valence-corrected chi connectivity index (χ1v) is 27.1. The Labute approximate surface area is 417 Å². The maximum atomic E-state index is 15.3. The molecule has 0 radical (unpaired) electrons. The third-order valence-electron chi connectivity index (χ3n) is 14.7. The average molecular weight is 1050 g/mol. The van der Waals surface area contributed by atoms with E-state index in [4.69, 9.17) is 23.5 Å². The smallest absolute Gasteiger partial charge is 0.458 e. The van der Waals surface area contributed by atoms with Crippen LogP contribution in [0.4, 0.5) is 9.18 Å². The van der Waals surface area contributed by atoms with Crippen molar-refractivity contribution < 1.29 is 71.1 Å². The molecule has 2 amide bonds. The van der Waals surface area contributed by atoms with Gasteiger partial charge in [-0.3, -0.25) is 34.1 Å². The molecule has 2 fully saturated rings. The standard InChI is InChI=1S/C48H48FN5O15P2.C2H6/c1-22(2)29-9-31(39(69-71(63,64)65)12-38(29)68-70(60,61)62)44(56)53-16-25-5-4-24(8-26(25)17-53)15-52-20-48(21-52)13-27(14-48)67-47(59)51-35-7-6-28-23(3)34(49)11-36-40(28)41(35)32-18-54-37(42(32)50-36)10-30-33(45(54)57)19-66-46(58)43(30)55;1-2/h4-5,8-12,22,27,35,43,55H,6-7,13-21H2,1-3H3,(H,51,59)(H2,60,61,62)(H2,63,64,65);1-2H3/t35-,43?;/m0./s1. The Morgan fingerprint density at radius 2 is 1.63 bits per heavy atom. The number of aliphatic hydroxyl groups excluding tert-OH is 1. The van der Waals surface area contributed by atoms with Crippen molar-refractivity contribution in [3.63, 3.8) is 0 Å². The molecule has 23 heteroatoms. The Bertz CT molecular complexity index is 3340. The second kappa shape index (κ2) is 18.4. The van der Waals surface area contributed by atoms with Gasteiger partial charge >= 0.3 is 27.7 Å². The highest BCUT2D eigenvalue weighted by Crippen LogP contribution is 2.51. The highest BCUT2D eigenvalue weighted by Gasteiger charge is 2.54. The number of pyridine rings is 2. The van der Waals surface area contributed by atoms with E-state index in [1.165, 1.54) is 21.6 Å². The molecule has 1 saturated heterocycles. The van der Waals surface area contributed by atoms with Gasteiger partial charge in [0.1, 0.15) is 30.0 Å². The Balaban J connectivity index is 0.00000302. The monoisotopic (exact) mass is 1050 g/mol. The van der Waals surface area contributed by atoms with Gasteiger partial charge in [-0.2, -0.15) is 0 Å². The minimum absolute atomic E-state index is 0.0105. The van der Waals surface area contributed by atoms with Crippen molar-refractivity contribution in [2.75, 3.05) is 13.1 Å². The summed E-state index contributed by atoms with van der Waals surface area (Å²) in [5.74, 6) is -3.25. The van der Waals surface area contributed by atoms with Gasteiger partial charge in [-0.1, -0.05) is 45.9 Å². The zero-order chi connectivity index (χ0) is 52.2. The Morgan fingerprint density at radius 3 is 2.33 bits per heavy atom. The normalized spacial score (nSPS) is 19.5. The predicted molar refractivity (Wildman–Crippen MR) is 259 cm³/mol. The average Bonchev–Trinajstić information content (AvgIpc) is 3.89. The number of aryl methyl sites for hydroxylation is 1. The predicted octanol–water partition coefficient (Wildman–Crippen LogP) is 6.59. The largest absolute Gasteiger partial charge is 0.524 e. The van der Waals surface area contributed by atoms with Crippen LogP contribution < -0.4 is 19.9 Å². The van der Waals surface area contributed by atoms with E-state index >= 15 is 4.39 Å². The molecule has 6 heterocycles. The summed E-state index contributed by atoms with van der Waals surface area (Å²) in [6.07, 6.45) is -0.244. The van der Waals surface area contributed by atoms with Crippen LogP contribution in [0.1, 0.15) is 131 Å². The van der Waals surface area contributed by atoms with Gasteiger partial charge in [-0.05, 0) is 89.6 Å². The number of ether oxygens (including phenoxy) is 2. The summed E-state index contributed by atoms with van der Waals surface area (Å²) in [6.45, 7) is 11.6. The number of likely N-dealkylation sites (tertiary alicyclic amines) is 1. The first kappa shape index (κ1) is 50.5. The number of carbonyl (C=O) groups is 3. The SMILES string of the molecule is CC.Cc1c(F)cc2nc3c(c4c2c1CC[C@@H]4NC(=O)OC1CC2(C1)CN(Cc1ccc4c(c1)CN(C(=O)c1cc(C(C)C)c(OP(=O)(O)O)cc1OP(=O)(O)O)C4)C2)Cn1c-3cc2c(c1=O)COC(=O)C2O. The van der Waals surface area contributed by atoms with Crippen LogP contribution in [0.25, 0.3) is 22.3 Å². The van der Waals surface area contributed by atoms with Crippen molar-refractivity contribution in [3.05, 3.63) is 120 Å². The number of halogens is 1. The number of phosphoric acid groups is 2. The molecular weight excluding hydrogens is 992 g/mol. The molecule has 6 aliphatic rings. The van der Waals surface area contributed by atoms with Gasteiger partial charge in [0.25, 0.3) is 11.5 Å². The summed E-state index contributed by atoms with van der Waals surface area (Å²) in [5, 5.41) is 14.4. The van der Waals surface area contributed by atoms with Crippen molar-refractivity contribution >= 4 is 44.5 Å². The number of carbonyl (C=O) groups excluding carboxylic acids is 3. The lowest BCUT2D eigenvalue weighted by Gasteiger charge is -2.58. The number of esters is 1. The molecule has 5 aromatic rings. The van der Waals surface area contributed by atoms with Crippen LogP contribution in [0, 0.1) is 18.2 Å². The van der Waals surface area contributed by atoms with Crippen molar-refractivity contribution in [3.8, 4) is 22.9 Å². The summed E-state index contributed by atoms with van der Waals surface area (Å²) in [7, 11) is -10.3. The Kier molecular flexibility index (Phi) is 12.7. The number of cyclic esters (lactones) is 1. The molecule has 1 spiro atoms. The van der Waals surface area contributed by atoms with E-state index in [-0.39, 0.29) is 65.8 Å².